The summed E-state index contributed by atoms with van der Waals surface area (Å²) in [6, 6.07) is 29.9. The monoisotopic (exact) mass is 571 g/mol. The summed E-state index contributed by atoms with van der Waals surface area (Å²) < 4.78 is 56.3. The van der Waals surface area contributed by atoms with Crippen LogP contribution in [0.3, 0.4) is 0 Å². The number of fused-ring (bicyclic) bond motifs is 1. The van der Waals surface area contributed by atoms with Crippen LogP contribution in [0.25, 0.3) is 10.8 Å². The largest absolute Gasteiger partial charge is 0.373 e. The van der Waals surface area contributed by atoms with Crippen molar-refractivity contribution in [2.45, 2.75) is 64.0 Å². The molecule has 4 aromatic rings. The van der Waals surface area contributed by atoms with Gasteiger partial charge in [0, 0.05) is 0 Å². The lowest BCUT2D eigenvalue weighted by atomic mass is 9.87. The zero-order valence-corrected chi connectivity index (χ0v) is 25.3. The predicted molar refractivity (Wildman–Crippen MR) is 163 cm³/mol. The molecule has 4 aromatic carbocycles. The van der Waals surface area contributed by atoms with Crippen LogP contribution in [0, 0.1) is 0 Å². The zero-order valence-electron chi connectivity index (χ0n) is 23.4. The fraction of sp³-hybridized carbons (Fsp3) is 0.312. The summed E-state index contributed by atoms with van der Waals surface area (Å²) in [4.78, 5) is 0. The molecule has 0 radical (unpaired) electrons. The van der Waals surface area contributed by atoms with Crippen LogP contribution in [0.5, 0.6) is 0 Å². The van der Waals surface area contributed by atoms with E-state index in [2.05, 4.69) is 90.1 Å². The third kappa shape index (κ3) is 8.41. The number of benzene rings is 4. The molecule has 0 unspecified atom stereocenters. The van der Waals surface area contributed by atoms with Crippen LogP contribution < -0.4 is 10.6 Å². The van der Waals surface area contributed by atoms with E-state index in [0.717, 1.165) is 5.39 Å². The van der Waals surface area contributed by atoms with Gasteiger partial charge in [0.2, 0.25) is 0 Å². The van der Waals surface area contributed by atoms with Crippen molar-refractivity contribution in [2.24, 2.45) is 0 Å². The lowest BCUT2D eigenvalue weighted by molar-refractivity contribution is 0.0816. The zero-order chi connectivity index (χ0) is 29.1. The van der Waals surface area contributed by atoms with Gasteiger partial charge in [0.05, 0.1) is 25.6 Å². The highest BCUT2D eigenvalue weighted by Gasteiger charge is 2.44. The Morgan fingerprint density at radius 2 is 1.10 bits per heavy atom. The molecular formula is C32H38F2O3PS+. The van der Waals surface area contributed by atoms with E-state index in [0.29, 0.717) is 5.39 Å². The number of halogens is 2. The number of rotatable bonds is 5. The van der Waals surface area contributed by atoms with Gasteiger partial charge in [0.1, 0.15) is 0 Å². The average Bonchev–Trinajstić information content (AvgIpc) is 2.83. The number of hydrogen-bond acceptors (Lipinski definition) is 2. The fourth-order valence-corrected chi connectivity index (χ4v) is 5.60. The molecule has 0 heterocycles. The molecule has 0 aliphatic rings. The first kappa shape index (κ1) is 30.9. The van der Waals surface area contributed by atoms with Gasteiger partial charge in [-0.15, -0.1) is 0 Å². The second-order valence-electron chi connectivity index (χ2n) is 11.8. The molecule has 208 valence electrons. The molecule has 0 aliphatic carbocycles. The van der Waals surface area contributed by atoms with Crippen molar-refractivity contribution in [1.29, 1.82) is 0 Å². The molecule has 0 saturated heterocycles. The van der Waals surface area contributed by atoms with E-state index in [1.165, 1.54) is 27.8 Å². The van der Waals surface area contributed by atoms with Crippen LogP contribution in [0.2, 0.25) is 0 Å². The number of alkyl halides is 2. The third-order valence-corrected chi connectivity index (χ3v) is 8.88. The molecule has 0 fully saturated rings. The van der Waals surface area contributed by atoms with Crippen molar-refractivity contribution in [3.05, 3.63) is 108 Å². The summed E-state index contributed by atoms with van der Waals surface area (Å²) in [6.07, 6.45) is -1.05. The summed E-state index contributed by atoms with van der Waals surface area (Å²) >= 11 is 0. The topological polar surface area (TPSA) is 54.4 Å². The average molecular weight is 572 g/mol. The van der Waals surface area contributed by atoms with Gasteiger partial charge in [-0.2, -0.15) is 17.2 Å². The van der Waals surface area contributed by atoms with E-state index >= 15 is 0 Å². The standard InChI is InChI=1S/C20H27P.C12H10F2O3S/c1-19(2,3)15-7-11-17(12-8-15)21-18-13-9-16(10-14-18)20(4,5)6;13-12(14,18(15,16)17)8-10-6-3-5-9-4-1-2-7-11(9)10/h7-14,21H,1-6H3;1-7H,8H2,(H,15,16,17)/p+1. The van der Waals surface area contributed by atoms with Gasteiger partial charge in [-0.05, 0) is 62.6 Å². The molecule has 0 aromatic heterocycles. The molecule has 0 atom stereocenters. The van der Waals surface area contributed by atoms with Crippen LogP contribution in [0.15, 0.2) is 91.0 Å². The van der Waals surface area contributed by atoms with Crippen molar-refractivity contribution < 1.29 is 21.8 Å². The fourth-order valence-electron chi connectivity index (χ4n) is 4.11. The van der Waals surface area contributed by atoms with Crippen LogP contribution in [0.1, 0.15) is 58.2 Å². The minimum Gasteiger partial charge on any atom is -0.281 e. The normalized spacial score (nSPS) is 12.6. The quantitative estimate of drug-likeness (QED) is 0.199. The van der Waals surface area contributed by atoms with Crippen LogP contribution >= 0.6 is 8.58 Å². The van der Waals surface area contributed by atoms with Gasteiger partial charge < -0.3 is 0 Å². The Morgan fingerprint density at radius 1 is 0.667 bits per heavy atom. The first-order valence-corrected chi connectivity index (χ1v) is 15.4. The van der Waals surface area contributed by atoms with E-state index in [9.17, 15) is 17.2 Å². The second kappa shape index (κ2) is 11.8. The Morgan fingerprint density at radius 3 is 1.54 bits per heavy atom. The maximum atomic E-state index is 13.3. The molecule has 1 N–H and O–H groups in total. The lowest BCUT2D eigenvalue weighted by Gasteiger charge is -2.19. The van der Waals surface area contributed by atoms with E-state index < -0.39 is 21.8 Å². The minimum absolute atomic E-state index is 0.177. The lowest BCUT2D eigenvalue weighted by Crippen LogP contribution is -2.30. The van der Waals surface area contributed by atoms with Crippen LogP contribution in [-0.4, -0.2) is 18.2 Å². The van der Waals surface area contributed by atoms with Gasteiger partial charge in [0.15, 0.2) is 0 Å². The Hall–Kier alpha value is -2.66. The Balaban J connectivity index is 0.000000218. The first-order valence-electron chi connectivity index (χ1n) is 12.8. The number of hydrogen-bond donors (Lipinski definition) is 1. The van der Waals surface area contributed by atoms with Gasteiger partial charge in [0.25, 0.3) is 0 Å². The predicted octanol–water partition coefficient (Wildman–Crippen LogP) is 7.51. The molecule has 3 nitrogen and oxygen atoms in total. The summed E-state index contributed by atoms with van der Waals surface area (Å²) in [5.41, 5.74) is 3.47. The van der Waals surface area contributed by atoms with Gasteiger partial charge in [-0.25, -0.2) is 0 Å². The summed E-state index contributed by atoms with van der Waals surface area (Å²) in [5, 5.41) is 0.0272. The molecule has 0 aliphatic heterocycles. The van der Waals surface area contributed by atoms with Crippen LogP contribution in [-0.2, 0) is 27.4 Å². The smallest absolute Gasteiger partial charge is 0.281 e. The third-order valence-electron chi connectivity index (χ3n) is 6.54. The molecule has 39 heavy (non-hydrogen) atoms. The molecule has 0 saturated carbocycles. The molecule has 0 spiro atoms. The van der Waals surface area contributed by atoms with Gasteiger partial charge >= 0.3 is 15.4 Å². The van der Waals surface area contributed by atoms with Crippen molar-refractivity contribution in [2.75, 3.05) is 0 Å². The Labute approximate surface area is 233 Å². The van der Waals surface area contributed by atoms with E-state index in [1.54, 1.807) is 36.4 Å². The molecule has 7 heteroatoms. The first-order chi connectivity index (χ1) is 18.0. The van der Waals surface area contributed by atoms with Gasteiger partial charge in [-0.1, -0.05) is 108 Å². The molecular weight excluding hydrogens is 533 g/mol. The Bertz CT molecular complexity index is 1440. The summed E-state index contributed by atoms with van der Waals surface area (Å²) in [5.74, 6) is 0. The highest BCUT2D eigenvalue weighted by Crippen LogP contribution is 2.29. The highest BCUT2D eigenvalue weighted by molar-refractivity contribution is 7.86. The van der Waals surface area contributed by atoms with Crippen LogP contribution in [0.4, 0.5) is 8.78 Å². The van der Waals surface area contributed by atoms with Crippen molar-refractivity contribution in [1.82, 2.24) is 0 Å². The summed E-state index contributed by atoms with van der Waals surface area (Å²) in [7, 11) is -5.21. The Kier molecular flexibility index (Phi) is 9.37. The maximum absolute atomic E-state index is 13.3. The highest BCUT2D eigenvalue weighted by atomic mass is 32.2. The molecule has 0 bridgehead atoms. The summed E-state index contributed by atoms with van der Waals surface area (Å²) in [6.45, 7) is 13.6. The van der Waals surface area contributed by atoms with Crippen molar-refractivity contribution in [3.63, 3.8) is 0 Å². The minimum atomic E-state index is -5.40. The van der Waals surface area contributed by atoms with Crippen molar-refractivity contribution in [3.8, 4) is 0 Å². The maximum Gasteiger partial charge on any atom is 0.373 e. The molecule has 0 amide bonds. The van der Waals surface area contributed by atoms with Gasteiger partial charge in [-0.3, -0.25) is 4.55 Å². The van der Waals surface area contributed by atoms with Crippen molar-refractivity contribution >= 4 is 40.1 Å². The van der Waals surface area contributed by atoms with E-state index in [1.807, 2.05) is 0 Å². The second-order valence-corrected chi connectivity index (χ2v) is 15.0. The molecule has 4 rings (SSSR count). The van der Waals surface area contributed by atoms with E-state index in [4.69, 9.17) is 4.55 Å². The van der Waals surface area contributed by atoms with E-state index in [-0.39, 0.29) is 25.0 Å². The SMILES string of the molecule is CC(C)(C)c1ccc([PH2+]c2ccc(C(C)(C)C)cc2)cc1.O=S(=O)(O)C(F)(F)Cc1cccc2ccccc12.